The molecule has 1 aliphatic heterocycles. The summed E-state index contributed by atoms with van der Waals surface area (Å²) in [5.74, 6) is 0.257. The molecule has 1 aliphatic rings. The van der Waals surface area contributed by atoms with Gasteiger partial charge in [0, 0.05) is 68.2 Å². The van der Waals surface area contributed by atoms with Gasteiger partial charge in [-0.2, -0.15) is 0 Å². The molecule has 0 saturated carbocycles. The Balaban J connectivity index is 1.39. The van der Waals surface area contributed by atoms with Gasteiger partial charge in [0.25, 0.3) is 0 Å². The van der Waals surface area contributed by atoms with Crippen LogP contribution < -0.4 is 5.73 Å². The number of nitrogens with one attached hydrogen (secondary N) is 2. The van der Waals surface area contributed by atoms with Crippen molar-refractivity contribution in [1.29, 1.82) is 10.8 Å². The van der Waals surface area contributed by atoms with Crippen molar-refractivity contribution in [3.8, 4) is 11.1 Å². The molecule has 0 bridgehead atoms. The quantitative estimate of drug-likeness (QED) is 0.308. The number of nitrogens with two attached hydrogens (primary N) is 1. The third-order valence-electron chi connectivity index (χ3n) is 6.37. The van der Waals surface area contributed by atoms with Crippen LogP contribution >= 0.6 is 0 Å². The zero-order valence-electron chi connectivity index (χ0n) is 20.1. The van der Waals surface area contributed by atoms with Crippen LogP contribution in [0, 0.1) is 10.8 Å². The van der Waals surface area contributed by atoms with E-state index < -0.39 is 0 Å². The summed E-state index contributed by atoms with van der Waals surface area (Å²) < 4.78 is 0. The molecular formula is C28H32N6O. The average Bonchev–Trinajstić information content (AvgIpc) is 3.28. The Labute approximate surface area is 206 Å². The van der Waals surface area contributed by atoms with Gasteiger partial charge in [0.1, 0.15) is 0 Å². The van der Waals surface area contributed by atoms with Crippen molar-refractivity contribution in [2.24, 2.45) is 0 Å². The predicted molar refractivity (Wildman–Crippen MR) is 141 cm³/mol. The minimum atomic E-state index is 0.131. The van der Waals surface area contributed by atoms with Crippen LogP contribution in [0.15, 0.2) is 67.0 Å². The Morgan fingerprint density at radius 3 is 2.66 bits per heavy atom. The number of amides is 1. The molecule has 180 valence electrons. The Hall–Kier alpha value is -3.84. The molecule has 2 aromatic carbocycles. The number of nitrogen functional groups attached to an aromatic ring is 1. The number of carbonyl (C=O) groups excluding carboxylic acids is 1. The van der Waals surface area contributed by atoms with Crippen LogP contribution in [0.3, 0.4) is 0 Å². The Morgan fingerprint density at radius 1 is 1.09 bits per heavy atom. The topological polar surface area (TPSA) is 110 Å². The summed E-state index contributed by atoms with van der Waals surface area (Å²) in [5.41, 5.74) is 11.6. The van der Waals surface area contributed by atoms with Gasteiger partial charge in [-0.1, -0.05) is 36.4 Å². The van der Waals surface area contributed by atoms with Crippen LogP contribution in [-0.4, -0.2) is 58.8 Å². The lowest BCUT2D eigenvalue weighted by Crippen LogP contribution is -2.33. The molecule has 1 saturated heterocycles. The maximum absolute atomic E-state index is 11.8. The second kappa shape index (κ2) is 11.1. The third kappa shape index (κ3) is 6.19. The summed E-state index contributed by atoms with van der Waals surface area (Å²) >= 11 is 0. The Kier molecular flexibility index (Phi) is 7.67. The van der Waals surface area contributed by atoms with E-state index in [-0.39, 0.29) is 17.3 Å². The lowest BCUT2D eigenvalue weighted by atomic mass is 9.95. The van der Waals surface area contributed by atoms with Crippen molar-refractivity contribution in [3.63, 3.8) is 0 Å². The van der Waals surface area contributed by atoms with Crippen LogP contribution in [0.1, 0.15) is 29.5 Å². The minimum Gasteiger partial charge on any atom is -0.398 e. The summed E-state index contributed by atoms with van der Waals surface area (Å²) in [6, 6.07) is 17.5. The molecule has 4 N–H and O–H groups in total. The van der Waals surface area contributed by atoms with Gasteiger partial charge >= 0.3 is 0 Å². The number of nitrogens with zero attached hydrogens (tertiary/aromatic N) is 3. The number of hydrogen-bond donors (Lipinski definition) is 3. The smallest absolute Gasteiger partial charge is 0.222 e. The summed E-state index contributed by atoms with van der Waals surface area (Å²) in [6.07, 6.45) is 5.49. The van der Waals surface area contributed by atoms with Crippen molar-refractivity contribution in [2.75, 3.05) is 32.4 Å². The normalized spacial score (nSPS) is 13.4. The van der Waals surface area contributed by atoms with Crippen molar-refractivity contribution < 1.29 is 4.79 Å². The zero-order chi connectivity index (χ0) is 24.8. The lowest BCUT2D eigenvalue weighted by Gasteiger charge is -2.22. The largest absolute Gasteiger partial charge is 0.398 e. The first-order chi connectivity index (χ1) is 16.9. The van der Waals surface area contributed by atoms with Crippen molar-refractivity contribution >= 4 is 23.0 Å². The number of rotatable bonds is 10. The van der Waals surface area contributed by atoms with Gasteiger partial charge in [-0.15, -0.1) is 0 Å². The number of hydrogen-bond acceptors (Lipinski definition) is 6. The second-order valence-electron chi connectivity index (χ2n) is 9.12. The highest BCUT2D eigenvalue weighted by atomic mass is 16.2. The van der Waals surface area contributed by atoms with E-state index in [0.717, 1.165) is 54.9 Å². The van der Waals surface area contributed by atoms with Crippen LogP contribution in [0.4, 0.5) is 5.69 Å². The zero-order valence-corrected chi connectivity index (χ0v) is 20.1. The SMILES string of the molecule is CN(CCN1CCCC1=O)Cc1cccc(CC(=N)C(=N)c2cc(-c3cccnc3)ccc2N)c1. The molecule has 2 heterocycles. The lowest BCUT2D eigenvalue weighted by molar-refractivity contribution is -0.127. The highest BCUT2D eigenvalue weighted by Gasteiger charge is 2.20. The van der Waals surface area contributed by atoms with Gasteiger partial charge < -0.3 is 20.9 Å². The summed E-state index contributed by atoms with van der Waals surface area (Å²) in [5, 5.41) is 17.2. The van der Waals surface area contributed by atoms with Crippen LogP contribution in [0.2, 0.25) is 0 Å². The van der Waals surface area contributed by atoms with E-state index in [9.17, 15) is 4.79 Å². The van der Waals surface area contributed by atoms with Crippen molar-refractivity contribution in [3.05, 3.63) is 83.7 Å². The molecule has 0 radical (unpaired) electrons. The number of likely N-dealkylation sites (N-methyl/N-ethyl adjacent to an activating group) is 1. The first-order valence-corrected chi connectivity index (χ1v) is 11.9. The number of likely N-dealkylation sites (tertiary alicyclic amines) is 1. The monoisotopic (exact) mass is 468 g/mol. The van der Waals surface area contributed by atoms with E-state index in [0.29, 0.717) is 24.1 Å². The fraction of sp³-hybridized carbons (Fsp3) is 0.286. The number of anilines is 1. The Bertz CT molecular complexity index is 1220. The third-order valence-corrected chi connectivity index (χ3v) is 6.37. The van der Waals surface area contributed by atoms with Gasteiger partial charge in [0.05, 0.1) is 11.4 Å². The second-order valence-corrected chi connectivity index (χ2v) is 9.12. The highest BCUT2D eigenvalue weighted by molar-refractivity contribution is 6.47. The van der Waals surface area contributed by atoms with E-state index >= 15 is 0 Å². The maximum atomic E-state index is 11.8. The van der Waals surface area contributed by atoms with Gasteiger partial charge in [-0.25, -0.2) is 0 Å². The number of pyridine rings is 1. The molecule has 7 heteroatoms. The van der Waals surface area contributed by atoms with Crippen LogP contribution in [0.25, 0.3) is 11.1 Å². The van der Waals surface area contributed by atoms with Gasteiger partial charge in [0.2, 0.25) is 5.91 Å². The number of aromatic nitrogens is 1. The molecule has 0 aliphatic carbocycles. The molecule has 35 heavy (non-hydrogen) atoms. The first kappa shape index (κ1) is 24.3. The van der Waals surface area contributed by atoms with Crippen LogP contribution in [-0.2, 0) is 17.8 Å². The maximum Gasteiger partial charge on any atom is 0.222 e. The van der Waals surface area contributed by atoms with E-state index in [1.165, 1.54) is 0 Å². The molecule has 0 spiro atoms. The standard InChI is InChI=1S/C28H32N6O/c1-33(13-14-34-12-4-8-27(34)35)19-21-6-2-5-20(15-21)16-26(30)28(31)24-17-22(9-10-25(24)29)23-7-3-11-32-18-23/h2-3,5-7,9-11,15,17-18,30-31H,4,8,12-14,16,19,29H2,1H3. The molecular weight excluding hydrogens is 436 g/mol. The molecule has 0 unspecified atom stereocenters. The van der Waals surface area contributed by atoms with Gasteiger partial charge in [-0.3, -0.25) is 15.2 Å². The van der Waals surface area contributed by atoms with E-state index in [1.807, 2.05) is 41.3 Å². The number of benzene rings is 2. The van der Waals surface area contributed by atoms with Gasteiger partial charge in [-0.05, 0) is 48.4 Å². The Morgan fingerprint density at radius 2 is 1.91 bits per heavy atom. The highest BCUT2D eigenvalue weighted by Crippen LogP contribution is 2.24. The van der Waals surface area contributed by atoms with Crippen molar-refractivity contribution in [2.45, 2.75) is 25.8 Å². The summed E-state index contributed by atoms with van der Waals surface area (Å²) in [6.45, 7) is 3.21. The summed E-state index contributed by atoms with van der Waals surface area (Å²) in [7, 11) is 2.06. The fourth-order valence-corrected chi connectivity index (χ4v) is 4.40. The molecule has 1 fully saturated rings. The molecule has 7 nitrogen and oxygen atoms in total. The molecule has 1 amide bonds. The average molecular weight is 469 g/mol. The predicted octanol–water partition coefficient (Wildman–Crippen LogP) is 4.02. The van der Waals surface area contributed by atoms with E-state index in [4.69, 9.17) is 16.6 Å². The van der Waals surface area contributed by atoms with E-state index in [2.05, 4.69) is 29.1 Å². The number of carbonyl (C=O) groups is 1. The molecule has 3 aromatic rings. The van der Waals surface area contributed by atoms with Crippen LogP contribution in [0.5, 0.6) is 0 Å². The fourth-order valence-electron chi connectivity index (χ4n) is 4.40. The first-order valence-electron chi connectivity index (χ1n) is 11.9. The summed E-state index contributed by atoms with van der Waals surface area (Å²) in [4.78, 5) is 20.1. The molecule has 1 aromatic heterocycles. The minimum absolute atomic E-state index is 0.131. The molecule has 0 atom stereocenters. The molecule has 4 rings (SSSR count). The van der Waals surface area contributed by atoms with Gasteiger partial charge in [0.15, 0.2) is 0 Å². The van der Waals surface area contributed by atoms with Crippen molar-refractivity contribution in [1.82, 2.24) is 14.8 Å². The van der Waals surface area contributed by atoms with E-state index in [1.54, 1.807) is 18.5 Å².